The van der Waals surface area contributed by atoms with Crippen LogP contribution in [0, 0.1) is 0 Å². The van der Waals surface area contributed by atoms with Gasteiger partial charge in [0.1, 0.15) is 0 Å². The zero-order valence-corrected chi connectivity index (χ0v) is 17.0. The highest BCUT2D eigenvalue weighted by molar-refractivity contribution is 6.02. The average Bonchev–Trinajstić information content (AvgIpc) is 2.76. The van der Waals surface area contributed by atoms with Crippen LogP contribution in [-0.2, 0) is 5.41 Å². The fourth-order valence-corrected chi connectivity index (χ4v) is 3.43. The van der Waals surface area contributed by atoms with E-state index in [4.69, 9.17) is 0 Å². The maximum Gasteiger partial charge on any atom is 0.411 e. The first-order valence-corrected chi connectivity index (χ1v) is 9.07. The summed E-state index contributed by atoms with van der Waals surface area (Å²) < 4.78 is 86.3. The molecule has 2 amide bonds. The number of aldehydes is 2. The van der Waals surface area contributed by atoms with Crippen molar-refractivity contribution in [1.29, 1.82) is 0 Å². The minimum atomic E-state index is -6.02. The van der Waals surface area contributed by atoms with E-state index >= 15 is 0 Å². The molecule has 0 unspecified atom stereocenters. The SMILES string of the molecule is CNC(=O)c1cc(C(c2ccc(C=O)c(C(=O)NC)c2)(C(F)(F)F)C(F)(F)F)ccc1C=O. The van der Waals surface area contributed by atoms with E-state index in [-0.39, 0.29) is 12.6 Å². The van der Waals surface area contributed by atoms with Crippen LogP contribution in [-0.4, -0.2) is 50.8 Å². The molecular formula is C21H16F6N2O4. The molecule has 2 aromatic rings. The van der Waals surface area contributed by atoms with E-state index in [1.165, 1.54) is 0 Å². The quantitative estimate of drug-likeness (QED) is 0.496. The van der Waals surface area contributed by atoms with Crippen LogP contribution < -0.4 is 10.6 Å². The van der Waals surface area contributed by atoms with E-state index in [1.54, 1.807) is 0 Å². The van der Waals surface area contributed by atoms with Gasteiger partial charge in [0.25, 0.3) is 11.8 Å². The number of amides is 2. The zero-order valence-electron chi connectivity index (χ0n) is 17.0. The van der Waals surface area contributed by atoms with Crippen LogP contribution in [0.4, 0.5) is 26.3 Å². The smallest absolute Gasteiger partial charge is 0.355 e. The van der Waals surface area contributed by atoms with Crippen molar-refractivity contribution in [3.63, 3.8) is 0 Å². The van der Waals surface area contributed by atoms with Gasteiger partial charge >= 0.3 is 12.4 Å². The third-order valence-electron chi connectivity index (χ3n) is 5.02. The van der Waals surface area contributed by atoms with Crippen molar-refractivity contribution < 1.29 is 45.5 Å². The van der Waals surface area contributed by atoms with Crippen molar-refractivity contribution in [3.05, 3.63) is 69.8 Å². The normalized spacial score (nSPS) is 12.1. The largest absolute Gasteiger partial charge is 0.411 e. The molecule has 0 fully saturated rings. The van der Waals surface area contributed by atoms with E-state index < -0.39 is 63.0 Å². The van der Waals surface area contributed by atoms with Gasteiger partial charge in [0.15, 0.2) is 12.6 Å². The number of carbonyl (C=O) groups is 4. The molecule has 0 spiro atoms. The van der Waals surface area contributed by atoms with Gasteiger partial charge in [0.2, 0.25) is 5.41 Å². The topological polar surface area (TPSA) is 92.3 Å². The maximum atomic E-state index is 14.4. The molecule has 0 saturated heterocycles. The highest BCUT2D eigenvalue weighted by Crippen LogP contribution is 2.56. The number of halogens is 6. The molecule has 33 heavy (non-hydrogen) atoms. The second-order valence-electron chi connectivity index (χ2n) is 6.74. The van der Waals surface area contributed by atoms with Crippen LogP contribution >= 0.6 is 0 Å². The molecule has 0 aromatic heterocycles. The van der Waals surface area contributed by atoms with E-state index in [0.717, 1.165) is 14.1 Å². The molecule has 176 valence electrons. The lowest BCUT2D eigenvalue weighted by Gasteiger charge is -2.38. The van der Waals surface area contributed by atoms with Gasteiger partial charge < -0.3 is 10.6 Å². The second kappa shape index (κ2) is 9.04. The van der Waals surface area contributed by atoms with Crippen molar-refractivity contribution in [3.8, 4) is 0 Å². The number of hydrogen-bond acceptors (Lipinski definition) is 4. The Hall–Kier alpha value is -3.70. The Morgan fingerprint density at radius 3 is 1.27 bits per heavy atom. The molecule has 0 radical (unpaired) electrons. The minimum absolute atomic E-state index is 0.111. The molecule has 2 aromatic carbocycles. The van der Waals surface area contributed by atoms with Crippen LogP contribution in [0.1, 0.15) is 52.6 Å². The highest BCUT2D eigenvalue weighted by Gasteiger charge is 2.72. The Bertz CT molecular complexity index is 1020. The van der Waals surface area contributed by atoms with Gasteiger partial charge in [-0.05, 0) is 23.3 Å². The summed E-state index contributed by atoms with van der Waals surface area (Å²) in [7, 11) is 2.16. The molecule has 0 bridgehead atoms. The van der Waals surface area contributed by atoms with Gasteiger partial charge in [-0.15, -0.1) is 0 Å². The predicted molar refractivity (Wildman–Crippen MR) is 103 cm³/mol. The molecule has 2 N–H and O–H groups in total. The van der Waals surface area contributed by atoms with Gasteiger partial charge in [-0.1, -0.05) is 24.3 Å². The van der Waals surface area contributed by atoms with Crippen molar-refractivity contribution in [2.75, 3.05) is 14.1 Å². The highest BCUT2D eigenvalue weighted by atomic mass is 19.4. The molecule has 0 aliphatic carbocycles. The maximum absolute atomic E-state index is 14.4. The summed E-state index contributed by atoms with van der Waals surface area (Å²) in [5.74, 6) is -2.17. The van der Waals surface area contributed by atoms with Crippen molar-refractivity contribution >= 4 is 24.4 Å². The fourth-order valence-electron chi connectivity index (χ4n) is 3.43. The summed E-state index contributed by atoms with van der Waals surface area (Å²) in [5.41, 5.74) is -9.80. The zero-order chi connectivity index (χ0) is 25.2. The summed E-state index contributed by atoms with van der Waals surface area (Å²) >= 11 is 0. The lowest BCUT2D eigenvalue weighted by molar-refractivity contribution is -0.288. The molecule has 0 heterocycles. The Morgan fingerprint density at radius 2 is 1.03 bits per heavy atom. The van der Waals surface area contributed by atoms with Gasteiger partial charge in [-0.25, -0.2) is 0 Å². The van der Waals surface area contributed by atoms with Crippen LogP contribution in [0.3, 0.4) is 0 Å². The third kappa shape index (κ3) is 4.20. The van der Waals surface area contributed by atoms with Crippen LogP contribution in [0.2, 0.25) is 0 Å². The number of hydrogen-bond donors (Lipinski definition) is 2. The van der Waals surface area contributed by atoms with Crippen LogP contribution in [0.15, 0.2) is 36.4 Å². The van der Waals surface area contributed by atoms with E-state index in [2.05, 4.69) is 0 Å². The third-order valence-corrected chi connectivity index (χ3v) is 5.02. The van der Waals surface area contributed by atoms with Crippen LogP contribution in [0.25, 0.3) is 0 Å². The van der Waals surface area contributed by atoms with E-state index in [0.29, 0.717) is 36.4 Å². The van der Waals surface area contributed by atoms with Crippen molar-refractivity contribution in [2.24, 2.45) is 0 Å². The predicted octanol–water partition coefficient (Wildman–Crippen LogP) is 3.44. The lowest BCUT2D eigenvalue weighted by Crippen LogP contribution is -2.55. The number of carbonyl (C=O) groups excluding carboxylic acids is 4. The Labute approximate surface area is 183 Å². The Balaban J connectivity index is 3.07. The molecule has 0 aliphatic heterocycles. The van der Waals surface area contributed by atoms with Crippen molar-refractivity contribution in [1.82, 2.24) is 10.6 Å². The molecular weight excluding hydrogens is 458 g/mol. The Kier molecular flexibility index (Phi) is 7.00. The van der Waals surface area contributed by atoms with E-state index in [9.17, 15) is 45.5 Å². The molecule has 0 atom stereocenters. The number of nitrogens with one attached hydrogen (secondary N) is 2. The Morgan fingerprint density at radius 1 is 0.697 bits per heavy atom. The fraction of sp³-hybridized carbons (Fsp3) is 0.238. The summed E-state index contributed by atoms with van der Waals surface area (Å²) in [6.07, 6.45) is -11.8. The summed E-state index contributed by atoms with van der Waals surface area (Å²) in [6.45, 7) is 0. The number of benzene rings is 2. The first-order valence-electron chi connectivity index (χ1n) is 9.07. The van der Waals surface area contributed by atoms with Crippen LogP contribution in [0.5, 0.6) is 0 Å². The standard InChI is InChI=1S/C21H16F6N2O4/c1-28-17(32)15-7-13(5-3-11(15)9-30)19(20(22,23)24,21(25,26)27)14-6-4-12(10-31)16(8-14)18(33)29-2/h3-10H,1-2H3,(H,28,32)(H,29,33). The van der Waals surface area contributed by atoms with E-state index in [1.807, 2.05) is 10.6 Å². The van der Waals surface area contributed by atoms with Crippen molar-refractivity contribution in [2.45, 2.75) is 17.8 Å². The number of alkyl halides is 6. The minimum Gasteiger partial charge on any atom is -0.355 e. The molecule has 2 rings (SSSR count). The number of rotatable bonds is 6. The summed E-state index contributed by atoms with van der Waals surface area (Å²) in [5, 5.41) is 4.09. The summed E-state index contributed by atoms with van der Waals surface area (Å²) in [4.78, 5) is 46.5. The summed E-state index contributed by atoms with van der Waals surface area (Å²) in [6, 6.07) is 2.86. The molecule has 0 aliphatic rings. The average molecular weight is 474 g/mol. The van der Waals surface area contributed by atoms with Gasteiger partial charge in [0, 0.05) is 25.2 Å². The lowest BCUT2D eigenvalue weighted by atomic mass is 9.71. The van der Waals surface area contributed by atoms with Gasteiger partial charge in [0.05, 0.1) is 11.1 Å². The van der Waals surface area contributed by atoms with Gasteiger partial charge in [-0.2, -0.15) is 26.3 Å². The first-order chi connectivity index (χ1) is 15.3. The first kappa shape index (κ1) is 25.6. The second-order valence-corrected chi connectivity index (χ2v) is 6.74. The molecule has 0 saturated carbocycles. The van der Waals surface area contributed by atoms with Gasteiger partial charge in [-0.3, -0.25) is 19.2 Å². The molecule has 12 heteroatoms. The molecule has 6 nitrogen and oxygen atoms in total. The monoisotopic (exact) mass is 474 g/mol.